The third-order valence-corrected chi connectivity index (χ3v) is 2.45. The predicted molar refractivity (Wildman–Crippen MR) is 66.4 cm³/mol. The van der Waals surface area contributed by atoms with Gasteiger partial charge in [0.15, 0.2) is 0 Å². The number of carbonyl (C=O) groups excluding carboxylic acids is 1. The predicted octanol–water partition coefficient (Wildman–Crippen LogP) is 1.30. The van der Waals surface area contributed by atoms with Crippen LogP contribution in [0, 0.1) is 0 Å². The molecule has 1 amide bonds. The first-order valence-electron chi connectivity index (χ1n) is 6.06. The minimum Gasteiger partial charge on any atom is -0.383 e. The molecule has 3 atom stereocenters. The van der Waals surface area contributed by atoms with Gasteiger partial charge in [-0.2, -0.15) is 0 Å². The quantitative estimate of drug-likeness (QED) is 0.661. The number of rotatable bonds is 8. The number of amides is 1. The first-order chi connectivity index (χ1) is 7.51. The van der Waals surface area contributed by atoms with E-state index in [-0.39, 0.29) is 24.0 Å². The molecular formula is C12H26N2O2. The van der Waals surface area contributed by atoms with E-state index >= 15 is 0 Å². The summed E-state index contributed by atoms with van der Waals surface area (Å²) in [5.74, 6) is 0.0592. The van der Waals surface area contributed by atoms with Crippen LogP contribution in [-0.2, 0) is 9.53 Å². The lowest BCUT2D eigenvalue weighted by Gasteiger charge is -2.21. The largest absolute Gasteiger partial charge is 0.383 e. The SMILES string of the molecule is CCCC(C)NC(=O)C(C)NC(C)COC. The van der Waals surface area contributed by atoms with Gasteiger partial charge in [0.05, 0.1) is 12.6 Å². The van der Waals surface area contributed by atoms with Crippen LogP contribution >= 0.6 is 0 Å². The minimum absolute atomic E-state index is 0.0592. The van der Waals surface area contributed by atoms with Gasteiger partial charge < -0.3 is 15.4 Å². The van der Waals surface area contributed by atoms with Crippen LogP contribution in [0.3, 0.4) is 0 Å². The highest BCUT2D eigenvalue weighted by atomic mass is 16.5. The van der Waals surface area contributed by atoms with Crippen LogP contribution in [0.2, 0.25) is 0 Å². The maximum absolute atomic E-state index is 11.8. The maximum atomic E-state index is 11.8. The molecule has 0 spiro atoms. The molecule has 4 nitrogen and oxygen atoms in total. The standard InChI is InChI=1S/C12H26N2O2/c1-6-7-9(2)14-12(15)11(4)13-10(3)8-16-5/h9-11,13H,6-8H2,1-5H3,(H,14,15). The molecule has 0 aliphatic heterocycles. The van der Waals surface area contributed by atoms with Crippen LogP contribution in [0.25, 0.3) is 0 Å². The Kier molecular flexibility index (Phi) is 8.21. The van der Waals surface area contributed by atoms with Crippen LogP contribution in [-0.4, -0.2) is 37.7 Å². The fourth-order valence-corrected chi connectivity index (χ4v) is 1.67. The van der Waals surface area contributed by atoms with E-state index in [1.54, 1.807) is 7.11 Å². The van der Waals surface area contributed by atoms with Gasteiger partial charge in [-0.1, -0.05) is 13.3 Å². The zero-order valence-electron chi connectivity index (χ0n) is 11.2. The average Bonchev–Trinajstić information content (AvgIpc) is 2.17. The zero-order valence-corrected chi connectivity index (χ0v) is 11.2. The maximum Gasteiger partial charge on any atom is 0.237 e. The number of methoxy groups -OCH3 is 1. The molecule has 2 N–H and O–H groups in total. The van der Waals surface area contributed by atoms with E-state index in [1.807, 2.05) is 20.8 Å². The highest BCUT2D eigenvalue weighted by Gasteiger charge is 2.16. The summed E-state index contributed by atoms with van der Waals surface area (Å²) >= 11 is 0. The monoisotopic (exact) mass is 230 g/mol. The first kappa shape index (κ1) is 15.4. The fourth-order valence-electron chi connectivity index (χ4n) is 1.67. The third kappa shape index (κ3) is 6.80. The molecule has 96 valence electrons. The fraction of sp³-hybridized carbons (Fsp3) is 0.917. The summed E-state index contributed by atoms with van der Waals surface area (Å²) in [5, 5.41) is 6.18. The Morgan fingerprint density at radius 3 is 2.38 bits per heavy atom. The number of hydrogen-bond acceptors (Lipinski definition) is 3. The first-order valence-corrected chi connectivity index (χ1v) is 6.06. The topological polar surface area (TPSA) is 50.4 Å². The van der Waals surface area contributed by atoms with Crippen molar-refractivity contribution >= 4 is 5.91 Å². The van der Waals surface area contributed by atoms with Gasteiger partial charge in [0.25, 0.3) is 0 Å². The van der Waals surface area contributed by atoms with Crippen LogP contribution in [0.15, 0.2) is 0 Å². The average molecular weight is 230 g/mol. The lowest BCUT2D eigenvalue weighted by molar-refractivity contribution is -0.123. The van der Waals surface area contributed by atoms with E-state index in [1.165, 1.54) is 0 Å². The van der Waals surface area contributed by atoms with Gasteiger partial charge in [0.1, 0.15) is 0 Å². The molecule has 16 heavy (non-hydrogen) atoms. The van der Waals surface area contributed by atoms with E-state index in [2.05, 4.69) is 17.6 Å². The number of nitrogens with one attached hydrogen (secondary N) is 2. The molecule has 0 saturated heterocycles. The molecule has 0 aromatic carbocycles. The molecule has 0 saturated carbocycles. The molecule has 4 heteroatoms. The Hall–Kier alpha value is -0.610. The van der Waals surface area contributed by atoms with Crippen molar-refractivity contribution in [3.8, 4) is 0 Å². The molecule has 0 bridgehead atoms. The number of hydrogen-bond donors (Lipinski definition) is 2. The molecule has 0 fully saturated rings. The van der Waals surface area contributed by atoms with Crippen molar-refractivity contribution in [2.24, 2.45) is 0 Å². The Bertz CT molecular complexity index is 197. The molecule has 0 radical (unpaired) electrons. The van der Waals surface area contributed by atoms with Crippen LogP contribution < -0.4 is 10.6 Å². The molecule has 0 aromatic rings. The molecular weight excluding hydrogens is 204 g/mol. The molecule has 0 heterocycles. The van der Waals surface area contributed by atoms with E-state index < -0.39 is 0 Å². The summed E-state index contributed by atoms with van der Waals surface area (Å²) in [6, 6.07) is 0.260. The highest BCUT2D eigenvalue weighted by Crippen LogP contribution is 1.96. The van der Waals surface area contributed by atoms with Crippen LogP contribution in [0.4, 0.5) is 0 Å². The summed E-state index contributed by atoms with van der Waals surface area (Å²) in [7, 11) is 1.66. The van der Waals surface area contributed by atoms with Crippen molar-refractivity contribution in [1.29, 1.82) is 0 Å². The van der Waals surface area contributed by atoms with Crippen molar-refractivity contribution in [2.45, 2.75) is 58.7 Å². The van der Waals surface area contributed by atoms with Gasteiger partial charge in [0.2, 0.25) is 5.91 Å². The Morgan fingerprint density at radius 2 is 1.88 bits per heavy atom. The van der Waals surface area contributed by atoms with Gasteiger partial charge in [-0.3, -0.25) is 4.79 Å². The molecule has 0 aliphatic rings. The molecule has 3 unspecified atom stereocenters. The number of carbonyl (C=O) groups is 1. The van der Waals surface area contributed by atoms with E-state index in [9.17, 15) is 4.79 Å². The van der Waals surface area contributed by atoms with Crippen molar-refractivity contribution in [2.75, 3.05) is 13.7 Å². The summed E-state index contributed by atoms with van der Waals surface area (Å²) in [4.78, 5) is 11.8. The van der Waals surface area contributed by atoms with Gasteiger partial charge >= 0.3 is 0 Å². The van der Waals surface area contributed by atoms with Crippen molar-refractivity contribution in [3.05, 3.63) is 0 Å². The van der Waals surface area contributed by atoms with Gasteiger partial charge in [0, 0.05) is 19.2 Å². The molecule has 0 aromatic heterocycles. The summed E-state index contributed by atoms with van der Waals surface area (Å²) in [5.41, 5.74) is 0. The second kappa shape index (κ2) is 8.53. The Labute approximate surface area is 99.1 Å². The molecule has 0 aliphatic carbocycles. The van der Waals surface area contributed by atoms with Crippen molar-refractivity contribution in [1.82, 2.24) is 10.6 Å². The highest BCUT2D eigenvalue weighted by molar-refractivity contribution is 5.81. The lowest BCUT2D eigenvalue weighted by Crippen LogP contribution is -2.49. The summed E-state index contributed by atoms with van der Waals surface area (Å²) in [6.45, 7) is 8.64. The van der Waals surface area contributed by atoms with Crippen molar-refractivity contribution < 1.29 is 9.53 Å². The van der Waals surface area contributed by atoms with E-state index in [0.29, 0.717) is 6.61 Å². The second-order valence-electron chi connectivity index (χ2n) is 4.44. The summed E-state index contributed by atoms with van der Waals surface area (Å²) < 4.78 is 5.01. The van der Waals surface area contributed by atoms with Gasteiger partial charge in [-0.25, -0.2) is 0 Å². The second-order valence-corrected chi connectivity index (χ2v) is 4.44. The summed E-state index contributed by atoms with van der Waals surface area (Å²) in [6.07, 6.45) is 2.11. The Morgan fingerprint density at radius 1 is 1.25 bits per heavy atom. The normalized spacial score (nSPS) is 16.6. The zero-order chi connectivity index (χ0) is 12.6. The number of ether oxygens (including phenoxy) is 1. The lowest BCUT2D eigenvalue weighted by atomic mass is 10.2. The smallest absolute Gasteiger partial charge is 0.237 e. The van der Waals surface area contributed by atoms with Gasteiger partial charge in [-0.15, -0.1) is 0 Å². The Balaban J connectivity index is 3.89. The van der Waals surface area contributed by atoms with Crippen LogP contribution in [0.1, 0.15) is 40.5 Å². The minimum atomic E-state index is -0.176. The van der Waals surface area contributed by atoms with Crippen LogP contribution in [0.5, 0.6) is 0 Å². The van der Waals surface area contributed by atoms with Gasteiger partial charge in [-0.05, 0) is 27.2 Å². The van der Waals surface area contributed by atoms with E-state index in [0.717, 1.165) is 12.8 Å². The third-order valence-electron chi connectivity index (χ3n) is 2.45. The van der Waals surface area contributed by atoms with Crippen molar-refractivity contribution in [3.63, 3.8) is 0 Å². The van der Waals surface area contributed by atoms with E-state index in [4.69, 9.17) is 4.74 Å². The molecule has 0 rings (SSSR count).